The monoisotopic (exact) mass is 259 g/mol. The predicted octanol–water partition coefficient (Wildman–Crippen LogP) is 3.10. The number of aromatic nitrogens is 2. The third kappa shape index (κ3) is 3.84. The second-order valence-corrected chi connectivity index (χ2v) is 3.95. The number of methoxy groups -OCH3 is 1. The van der Waals surface area contributed by atoms with Crippen molar-refractivity contribution in [1.82, 2.24) is 9.97 Å². The summed E-state index contributed by atoms with van der Waals surface area (Å²) in [6.07, 6.45) is 4.29. The van der Waals surface area contributed by atoms with Gasteiger partial charge in [0.05, 0.1) is 19.5 Å². The third-order valence-electron chi connectivity index (χ3n) is 2.43. The van der Waals surface area contributed by atoms with Crippen molar-refractivity contribution < 1.29 is 9.47 Å². The molecule has 0 saturated heterocycles. The Balaban J connectivity index is 2.09. The third-order valence-corrected chi connectivity index (χ3v) is 2.43. The van der Waals surface area contributed by atoms with Gasteiger partial charge in [0.25, 0.3) is 0 Å². The number of nitrogens with zero attached hydrogens (tertiary/aromatic N) is 2. The number of nitrogens with one attached hydrogen (secondary N) is 1. The van der Waals surface area contributed by atoms with E-state index in [1.54, 1.807) is 25.6 Å². The number of rotatable bonds is 6. The molecular weight excluding hydrogens is 242 g/mol. The fourth-order valence-electron chi connectivity index (χ4n) is 1.52. The molecule has 5 heteroatoms. The van der Waals surface area contributed by atoms with Crippen LogP contribution in [0.2, 0.25) is 0 Å². The zero-order valence-corrected chi connectivity index (χ0v) is 11.1. The summed E-state index contributed by atoms with van der Waals surface area (Å²) in [4.78, 5) is 8.42. The Labute approximate surface area is 112 Å². The first kappa shape index (κ1) is 13.1. The minimum atomic E-state index is 0.453. The van der Waals surface area contributed by atoms with E-state index in [0.29, 0.717) is 17.4 Å². The molecule has 0 fully saturated rings. The quantitative estimate of drug-likeness (QED) is 0.863. The standard InChI is InChI=1S/C14H17N3O2/c1-3-7-16-13-9-15-10-14(17-13)19-12-6-4-5-11(8-12)18-2/h4-6,8-10H,3,7H2,1-2H3,(H,16,17). The highest BCUT2D eigenvalue weighted by Crippen LogP contribution is 2.23. The van der Waals surface area contributed by atoms with Crippen molar-refractivity contribution in [3.63, 3.8) is 0 Å². The molecule has 2 aromatic rings. The molecule has 1 aromatic carbocycles. The largest absolute Gasteiger partial charge is 0.497 e. The molecule has 0 aliphatic heterocycles. The average Bonchev–Trinajstić information content (AvgIpc) is 2.46. The van der Waals surface area contributed by atoms with Gasteiger partial charge in [-0.2, -0.15) is 4.98 Å². The first-order valence-corrected chi connectivity index (χ1v) is 6.19. The van der Waals surface area contributed by atoms with E-state index in [9.17, 15) is 0 Å². The molecule has 1 N–H and O–H groups in total. The summed E-state index contributed by atoms with van der Waals surface area (Å²) >= 11 is 0. The van der Waals surface area contributed by atoms with E-state index >= 15 is 0 Å². The van der Waals surface area contributed by atoms with E-state index in [1.807, 2.05) is 18.2 Å². The molecule has 100 valence electrons. The minimum Gasteiger partial charge on any atom is -0.497 e. The lowest BCUT2D eigenvalue weighted by atomic mass is 10.3. The smallest absolute Gasteiger partial charge is 0.239 e. The van der Waals surface area contributed by atoms with Gasteiger partial charge in [-0.15, -0.1) is 0 Å². The van der Waals surface area contributed by atoms with Gasteiger partial charge in [-0.1, -0.05) is 13.0 Å². The van der Waals surface area contributed by atoms with Crippen LogP contribution in [0.3, 0.4) is 0 Å². The maximum atomic E-state index is 5.65. The molecule has 0 spiro atoms. The highest BCUT2D eigenvalue weighted by molar-refractivity contribution is 5.37. The maximum Gasteiger partial charge on any atom is 0.239 e. The molecule has 19 heavy (non-hydrogen) atoms. The van der Waals surface area contributed by atoms with Crippen LogP contribution in [0, 0.1) is 0 Å². The topological polar surface area (TPSA) is 56.3 Å². The molecule has 0 radical (unpaired) electrons. The van der Waals surface area contributed by atoms with Gasteiger partial charge in [0.2, 0.25) is 5.88 Å². The lowest BCUT2D eigenvalue weighted by Crippen LogP contribution is -2.02. The van der Waals surface area contributed by atoms with E-state index in [4.69, 9.17) is 9.47 Å². The second kappa shape index (κ2) is 6.58. The Morgan fingerprint density at radius 2 is 2.05 bits per heavy atom. The maximum absolute atomic E-state index is 5.65. The Morgan fingerprint density at radius 3 is 2.84 bits per heavy atom. The lowest BCUT2D eigenvalue weighted by Gasteiger charge is -2.08. The van der Waals surface area contributed by atoms with Crippen molar-refractivity contribution in [1.29, 1.82) is 0 Å². The summed E-state index contributed by atoms with van der Waals surface area (Å²) in [7, 11) is 1.62. The number of hydrogen-bond acceptors (Lipinski definition) is 5. The van der Waals surface area contributed by atoms with Crippen molar-refractivity contribution in [3.8, 4) is 17.4 Å². The van der Waals surface area contributed by atoms with Gasteiger partial charge in [0.1, 0.15) is 17.3 Å². The Morgan fingerprint density at radius 1 is 1.21 bits per heavy atom. The van der Waals surface area contributed by atoms with Crippen molar-refractivity contribution in [2.75, 3.05) is 19.0 Å². The van der Waals surface area contributed by atoms with Gasteiger partial charge in [0.15, 0.2) is 0 Å². The number of ether oxygens (including phenoxy) is 2. The average molecular weight is 259 g/mol. The van der Waals surface area contributed by atoms with Gasteiger partial charge in [0, 0.05) is 12.6 Å². The Hall–Kier alpha value is -2.30. The van der Waals surface area contributed by atoms with Crippen LogP contribution in [0.5, 0.6) is 17.4 Å². The fourth-order valence-corrected chi connectivity index (χ4v) is 1.52. The van der Waals surface area contributed by atoms with Gasteiger partial charge in [-0.05, 0) is 18.6 Å². The van der Waals surface area contributed by atoms with Crippen LogP contribution in [-0.4, -0.2) is 23.6 Å². The molecule has 1 heterocycles. The SMILES string of the molecule is CCCNc1cncc(Oc2cccc(OC)c2)n1. The zero-order valence-electron chi connectivity index (χ0n) is 11.1. The molecule has 0 aliphatic carbocycles. The number of hydrogen-bond donors (Lipinski definition) is 1. The molecule has 0 saturated carbocycles. The fraction of sp³-hybridized carbons (Fsp3) is 0.286. The number of anilines is 1. The molecule has 1 aromatic heterocycles. The first-order chi connectivity index (χ1) is 9.31. The highest BCUT2D eigenvalue weighted by atomic mass is 16.5. The summed E-state index contributed by atoms with van der Waals surface area (Å²) in [5.74, 6) is 2.57. The summed E-state index contributed by atoms with van der Waals surface area (Å²) in [6, 6.07) is 7.36. The van der Waals surface area contributed by atoms with E-state index in [1.165, 1.54) is 0 Å². The van der Waals surface area contributed by atoms with Crippen LogP contribution < -0.4 is 14.8 Å². The molecule has 0 amide bonds. The van der Waals surface area contributed by atoms with Gasteiger partial charge in [-0.3, -0.25) is 4.98 Å². The Kier molecular flexibility index (Phi) is 4.55. The zero-order chi connectivity index (χ0) is 13.5. The minimum absolute atomic E-state index is 0.453. The van der Waals surface area contributed by atoms with Crippen molar-refractivity contribution in [2.24, 2.45) is 0 Å². The molecular formula is C14H17N3O2. The van der Waals surface area contributed by atoms with E-state index in [-0.39, 0.29) is 0 Å². The predicted molar refractivity (Wildman–Crippen MR) is 73.9 cm³/mol. The van der Waals surface area contributed by atoms with E-state index < -0.39 is 0 Å². The number of benzene rings is 1. The van der Waals surface area contributed by atoms with Crippen LogP contribution in [0.25, 0.3) is 0 Å². The Bertz CT molecular complexity index is 532. The van der Waals surface area contributed by atoms with Crippen LogP contribution in [0.1, 0.15) is 13.3 Å². The molecule has 0 atom stereocenters. The van der Waals surface area contributed by atoms with Crippen LogP contribution in [0.4, 0.5) is 5.82 Å². The summed E-state index contributed by atoms with van der Waals surface area (Å²) in [5.41, 5.74) is 0. The normalized spacial score (nSPS) is 10.0. The van der Waals surface area contributed by atoms with Gasteiger partial charge >= 0.3 is 0 Å². The van der Waals surface area contributed by atoms with Gasteiger partial charge in [-0.25, -0.2) is 0 Å². The van der Waals surface area contributed by atoms with Crippen LogP contribution in [0.15, 0.2) is 36.7 Å². The van der Waals surface area contributed by atoms with Crippen molar-refractivity contribution in [2.45, 2.75) is 13.3 Å². The molecule has 0 unspecified atom stereocenters. The summed E-state index contributed by atoms with van der Waals surface area (Å²) in [5, 5.41) is 3.16. The van der Waals surface area contributed by atoms with Gasteiger partial charge < -0.3 is 14.8 Å². The van der Waals surface area contributed by atoms with Crippen molar-refractivity contribution >= 4 is 5.82 Å². The molecule has 5 nitrogen and oxygen atoms in total. The molecule has 0 aliphatic rings. The second-order valence-electron chi connectivity index (χ2n) is 3.95. The highest BCUT2D eigenvalue weighted by Gasteiger charge is 2.02. The molecule has 2 rings (SSSR count). The van der Waals surface area contributed by atoms with Crippen molar-refractivity contribution in [3.05, 3.63) is 36.7 Å². The molecule has 0 bridgehead atoms. The van der Waals surface area contributed by atoms with Crippen LogP contribution >= 0.6 is 0 Å². The van der Waals surface area contributed by atoms with E-state index in [0.717, 1.165) is 18.7 Å². The van der Waals surface area contributed by atoms with E-state index in [2.05, 4.69) is 22.2 Å². The lowest BCUT2D eigenvalue weighted by molar-refractivity contribution is 0.407. The first-order valence-electron chi connectivity index (χ1n) is 6.19. The van der Waals surface area contributed by atoms with Crippen LogP contribution in [-0.2, 0) is 0 Å². The summed E-state index contributed by atoms with van der Waals surface area (Å²) in [6.45, 7) is 2.95. The summed E-state index contributed by atoms with van der Waals surface area (Å²) < 4.78 is 10.8.